The monoisotopic (exact) mass is 238 g/mol. The van der Waals surface area contributed by atoms with Gasteiger partial charge in [-0.05, 0) is 0 Å². The van der Waals surface area contributed by atoms with E-state index in [0.717, 1.165) is 0 Å². The summed E-state index contributed by atoms with van der Waals surface area (Å²) in [5.74, 6) is 0. The Morgan fingerprint density at radius 1 is 0.909 bits per heavy atom. The molecule has 0 unspecified atom stereocenters. The maximum absolute atomic E-state index is 2.30. The summed E-state index contributed by atoms with van der Waals surface area (Å²) in [6, 6.07) is 4.60. The van der Waals surface area contributed by atoms with Gasteiger partial charge in [-0.2, -0.15) is 0 Å². The molecule has 3 rings (SSSR count). The standard InChI is InChI=1S/C8H4GeS2/c1-3-10-7-5(1)9-6-2-4-11-8(6)7/h1-4H. The number of fused-ring (bicyclic) bond motifs is 3. The second-order valence-electron chi connectivity index (χ2n) is 2.45. The maximum atomic E-state index is 2.30. The second kappa shape index (κ2) is 2.22. The van der Waals surface area contributed by atoms with Crippen LogP contribution in [-0.2, 0) is 0 Å². The topological polar surface area (TPSA) is 0 Å². The van der Waals surface area contributed by atoms with E-state index in [0.29, 0.717) is 0 Å². The Bertz CT molecular complexity index is 361. The SMILES string of the molecule is c1c[c]2c(s1)-c1scc[c]1[Ge]2. The van der Waals surface area contributed by atoms with Crippen LogP contribution in [0.2, 0.25) is 0 Å². The molecule has 52 valence electrons. The van der Waals surface area contributed by atoms with Crippen LogP contribution < -0.4 is 8.79 Å². The van der Waals surface area contributed by atoms with Crippen LogP contribution in [0, 0.1) is 0 Å². The van der Waals surface area contributed by atoms with Crippen molar-refractivity contribution >= 4 is 46.9 Å². The molecule has 11 heavy (non-hydrogen) atoms. The summed E-state index contributed by atoms with van der Waals surface area (Å²) in [4.78, 5) is 3.13. The molecule has 1 aliphatic heterocycles. The van der Waals surface area contributed by atoms with Crippen molar-refractivity contribution in [1.29, 1.82) is 0 Å². The van der Waals surface area contributed by atoms with E-state index in [1.54, 1.807) is 18.5 Å². The molecule has 2 aromatic heterocycles. The fourth-order valence-corrected chi connectivity index (χ4v) is 7.57. The molecule has 0 bridgehead atoms. The average Bonchev–Trinajstić information content (AvgIpc) is 2.52. The van der Waals surface area contributed by atoms with Crippen LogP contribution in [0.15, 0.2) is 22.9 Å². The van der Waals surface area contributed by atoms with Gasteiger partial charge in [0.2, 0.25) is 0 Å². The minimum atomic E-state index is 0.0671. The van der Waals surface area contributed by atoms with Gasteiger partial charge in [0.1, 0.15) is 0 Å². The summed E-state index contributed by atoms with van der Waals surface area (Å²) in [6.45, 7) is 0. The van der Waals surface area contributed by atoms with E-state index in [1.165, 1.54) is 0 Å². The van der Waals surface area contributed by atoms with Crippen LogP contribution in [0.3, 0.4) is 0 Å². The van der Waals surface area contributed by atoms with Gasteiger partial charge in [-0.3, -0.25) is 0 Å². The fraction of sp³-hybridized carbons (Fsp3) is 0. The van der Waals surface area contributed by atoms with Gasteiger partial charge in [0.05, 0.1) is 0 Å². The molecule has 2 radical (unpaired) electrons. The zero-order chi connectivity index (χ0) is 7.26. The summed E-state index contributed by atoms with van der Waals surface area (Å²) in [6.07, 6.45) is 0. The molecule has 3 heterocycles. The van der Waals surface area contributed by atoms with Crippen molar-refractivity contribution in [2.24, 2.45) is 0 Å². The number of rotatable bonds is 0. The minimum absolute atomic E-state index is 0.0671. The molecule has 3 heteroatoms. The quantitative estimate of drug-likeness (QED) is 0.519. The van der Waals surface area contributed by atoms with Crippen molar-refractivity contribution in [2.45, 2.75) is 0 Å². The van der Waals surface area contributed by atoms with E-state index in [1.807, 2.05) is 22.7 Å². The van der Waals surface area contributed by atoms with Crippen molar-refractivity contribution in [3.05, 3.63) is 22.9 Å². The van der Waals surface area contributed by atoms with E-state index in [-0.39, 0.29) is 15.4 Å². The summed E-state index contributed by atoms with van der Waals surface area (Å²) in [5.41, 5.74) is 0. The van der Waals surface area contributed by atoms with Gasteiger partial charge in [0.25, 0.3) is 0 Å². The Labute approximate surface area is 79.4 Å². The van der Waals surface area contributed by atoms with Crippen molar-refractivity contribution in [1.82, 2.24) is 0 Å². The number of hydrogen-bond acceptors (Lipinski definition) is 2. The summed E-state index contributed by atoms with van der Waals surface area (Å²) >= 11 is 3.87. The molecule has 0 saturated heterocycles. The molecule has 0 saturated carbocycles. The predicted molar refractivity (Wildman–Crippen MR) is 52.7 cm³/mol. The Balaban J connectivity index is 2.38. The molecule has 2 aromatic rings. The van der Waals surface area contributed by atoms with Gasteiger partial charge < -0.3 is 0 Å². The van der Waals surface area contributed by atoms with Crippen molar-refractivity contribution in [2.75, 3.05) is 0 Å². The number of hydrogen-bond donors (Lipinski definition) is 0. The van der Waals surface area contributed by atoms with E-state index in [9.17, 15) is 0 Å². The van der Waals surface area contributed by atoms with E-state index >= 15 is 0 Å². The van der Waals surface area contributed by atoms with Gasteiger partial charge in [-0.15, -0.1) is 0 Å². The van der Waals surface area contributed by atoms with Gasteiger partial charge in [0.15, 0.2) is 0 Å². The third kappa shape index (κ3) is 0.803. The van der Waals surface area contributed by atoms with E-state index < -0.39 is 0 Å². The first-order valence-corrected chi connectivity index (χ1v) is 7.23. The third-order valence-electron chi connectivity index (χ3n) is 1.81. The first kappa shape index (κ1) is 6.46. The van der Waals surface area contributed by atoms with E-state index in [4.69, 9.17) is 0 Å². The van der Waals surface area contributed by atoms with Crippen LogP contribution in [0.1, 0.15) is 0 Å². The van der Waals surface area contributed by atoms with Gasteiger partial charge in [-0.1, -0.05) is 0 Å². The van der Waals surface area contributed by atoms with Crippen LogP contribution in [0.5, 0.6) is 0 Å². The molecular weight excluding hydrogens is 233 g/mol. The second-order valence-corrected chi connectivity index (χ2v) is 7.07. The summed E-state index contributed by atoms with van der Waals surface area (Å²) in [5, 5.41) is 4.44. The summed E-state index contributed by atoms with van der Waals surface area (Å²) in [7, 11) is 0. The molecule has 0 fully saturated rings. The molecule has 0 aromatic carbocycles. The molecule has 0 atom stereocenters. The Kier molecular flexibility index (Phi) is 1.30. The normalized spacial score (nSPS) is 13.1. The molecule has 0 N–H and O–H groups in total. The number of thiophene rings is 2. The third-order valence-corrected chi connectivity index (χ3v) is 7.44. The van der Waals surface area contributed by atoms with Crippen molar-refractivity contribution in [3.8, 4) is 9.75 Å². The van der Waals surface area contributed by atoms with Crippen LogP contribution in [-0.4, -0.2) is 15.4 Å². The molecular formula is C8H4GeS2. The molecule has 1 aliphatic rings. The van der Waals surface area contributed by atoms with E-state index in [2.05, 4.69) is 22.9 Å². The fourth-order valence-electron chi connectivity index (χ4n) is 1.31. The van der Waals surface area contributed by atoms with Crippen LogP contribution >= 0.6 is 22.7 Å². The first-order chi connectivity index (χ1) is 5.45. The zero-order valence-corrected chi connectivity index (χ0v) is 9.36. The van der Waals surface area contributed by atoms with Crippen LogP contribution in [0.25, 0.3) is 9.75 Å². The Morgan fingerprint density at radius 2 is 1.45 bits per heavy atom. The Hall–Kier alpha value is -0.0571. The molecule has 0 nitrogen and oxygen atoms in total. The molecule has 0 amide bonds. The van der Waals surface area contributed by atoms with Gasteiger partial charge >= 0.3 is 79.5 Å². The predicted octanol–water partition coefficient (Wildman–Crippen LogP) is 1.44. The van der Waals surface area contributed by atoms with Gasteiger partial charge in [0, 0.05) is 0 Å². The van der Waals surface area contributed by atoms with Crippen LogP contribution in [0.4, 0.5) is 0 Å². The van der Waals surface area contributed by atoms with Crippen molar-refractivity contribution in [3.63, 3.8) is 0 Å². The average molecular weight is 237 g/mol. The zero-order valence-electron chi connectivity index (χ0n) is 5.63. The molecule has 0 aliphatic carbocycles. The first-order valence-electron chi connectivity index (χ1n) is 3.37. The summed E-state index contributed by atoms with van der Waals surface area (Å²) < 4.78 is 3.30. The van der Waals surface area contributed by atoms with Crippen molar-refractivity contribution < 1.29 is 0 Å². The molecule has 0 spiro atoms. The Morgan fingerprint density at radius 3 is 2.00 bits per heavy atom. The van der Waals surface area contributed by atoms with Gasteiger partial charge in [-0.25, -0.2) is 0 Å².